The third-order valence-corrected chi connectivity index (χ3v) is 4.80. The highest BCUT2D eigenvalue weighted by Crippen LogP contribution is 2.23. The Balaban J connectivity index is 2.05. The van der Waals surface area contributed by atoms with E-state index in [0.29, 0.717) is 5.92 Å². The van der Waals surface area contributed by atoms with Crippen molar-refractivity contribution in [3.05, 3.63) is 71.3 Å². The van der Waals surface area contributed by atoms with Gasteiger partial charge in [-0.3, -0.25) is 4.79 Å². The first-order valence-corrected chi connectivity index (χ1v) is 9.30. The van der Waals surface area contributed by atoms with Crippen LogP contribution in [0, 0.1) is 0 Å². The summed E-state index contributed by atoms with van der Waals surface area (Å²) in [5.74, 6) is 1.21. The minimum absolute atomic E-state index is 0.0100. The van der Waals surface area contributed by atoms with Gasteiger partial charge in [0.2, 0.25) is 5.91 Å². The number of ether oxygens (including phenoxy) is 1. The number of para-hydroxylation sites is 1. The van der Waals surface area contributed by atoms with E-state index in [1.807, 2.05) is 24.3 Å². The zero-order valence-corrected chi connectivity index (χ0v) is 16.2. The van der Waals surface area contributed by atoms with Gasteiger partial charge in [0.1, 0.15) is 5.75 Å². The van der Waals surface area contributed by atoms with E-state index in [4.69, 9.17) is 4.74 Å². The second kappa shape index (κ2) is 9.81. The fourth-order valence-corrected chi connectivity index (χ4v) is 2.90. The monoisotopic (exact) mass is 351 g/mol. The number of rotatable bonds is 8. The molecule has 3 nitrogen and oxygen atoms in total. The van der Waals surface area contributed by atoms with Crippen LogP contribution in [0.3, 0.4) is 0 Å². The average molecular weight is 351 g/mol. The topological polar surface area (TPSA) is 38.3 Å². The highest BCUT2D eigenvalue weighted by atomic mass is 16.5. The SMILES string of the molecule is CC[C@@H](C)c1ccc([C@H](CC)NC(=O)/C=C/c2ccccc2OC)cc1. The van der Waals surface area contributed by atoms with E-state index < -0.39 is 0 Å². The van der Waals surface area contributed by atoms with Gasteiger partial charge in [0.15, 0.2) is 0 Å². The molecule has 26 heavy (non-hydrogen) atoms. The molecule has 0 aromatic heterocycles. The summed E-state index contributed by atoms with van der Waals surface area (Å²) >= 11 is 0. The van der Waals surface area contributed by atoms with Crippen LogP contribution in [0.1, 0.15) is 62.3 Å². The van der Waals surface area contributed by atoms with Gasteiger partial charge >= 0.3 is 0 Å². The maximum Gasteiger partial charge on any atom is 0.244 e. The van der Waals surface area contributed by atoms with E-state index >= 15 is 0 Å². The van der Waals surface area contributed by atoms with Crippen molar-refractivity contribution in [3.8, 4) is 5.75 Å². The number of amides is 1. The van der Waals surface area contributed by atoms with Gasteiger partial charge in [-0.2, -0.15) is 0 Å². The third kappa shape index (κ3) is 5.22. The number of methoxy groups -OCH3 is 1. The van der Waals surface area contributed by atoms with Gasteiger partial charge in [-0.1, -0.05) is 63.2 Å². The van der Waals surface area contributed by atoms with Crippen molar-refractivity contribution >= 4 is 12.0 Å². The molecule has 0 aliphatic rings. The van der Waals surface area contributed by atoms with Gasteiger partial charge in [0.05, 0.1) is 13.2 Å². The summed E-state index contributed by atoms with van der Waals surface area (Å²) < 4.78 is 5.31. The molecule has 1 N–H and O–H groups in total. The van der Waals surface area contributed by atoms with E-state index in [0.717, 1.165) is 29.7 Å². The molecule has 3 heteroatoms. The Morgan fingerprint density at radius 1 is 1.04 bits per heavy atom. The summed E-state index contributed by atoms with van der Waals surface area (Å²) in [5.41, 5.74) is 3.36. The number of benzene rings is 2. The first kappa shape index (κ1) is 19.8. The molecule has 0 fully saturated rings. The summed E-state index contributed by atoms with van der Waals surface area (Å²) in [7, 11) is 1.63. The Morgan fingerprint density at radius 3 is 2.31 bits per heavy atom. The Hall–Kier alpha value is -2.55. The van der Waals surface area contributed by atoms with Gasteiger partial charge in [-0.25, -0.2) is 0 Å². The van der Waals surface area contributed by atoms with Crippen LogP contribution in [-0.4, -0.2) is 13.0 Å². The molecule has 0 unspecified atom stereocenters. The molecule has 2 atom stereocenters. The average Bonchev–Trinajstić information content (AvgIpc) is 2.70. The molecule has 0 spiro atoms. The fraction of sp³-hybridized carbons (Fsp3) is 0.348. The summed E-state index contributed by atoms with van der Waals surface area (Å²) in [6, 6.07) is 16.2. The minimum Gasteiger partial charge on any atom is -0.496 e. The lowest BCUT2D eigenvalue weighted by atomic mass is 9.95. The van der Waals surface area contributed by atoms with Crippen LogP contribution in [0.2, 0.25) is 0 Å². The predicted octanol–water partition coefficient (Wildman–Crippen LogP) is 5.49. The number of hydrogen-bond acceptors (Lipinski definition) is 2. The number of hydrogen-bond donors (Lipinski definition) is 1. The minimum atomic E-state index is -0.103. The van der Waals surface area contributed by atoms with Gasteiger partial charge < -0.3 is 10.1 Å². The first-order chi connectivity index (χ1) is 12.6. The standard InChI is InChI=1S/C23H29NO2/c1-5-17(3)18-11-13-19(14-12-18)21(6-2)24-23(25)16-15-20-9-7-8-10-22(20)26-4/h7-17,21H,5-6H2,1-4H3,(H,24,25)/b16-15+/t17-,21+/m1/s1. The lowest BCUT2D eigenvalue weighted by Gasteiger charge is -2.18. The zero-order valence-electron chi connectivity index (χ0n) is 16.2. The van der Waals surface area contributed by atoms with Crippen molar-refractivity contribution in [2.24, 2.45) is 0 Å². The van der Waals surface area contributed by atoms with Crippen LogP contribution in [0.4, 0.5) is 0 Å². The molecule has 1 amide bonds. The summed E-state index contributed by atoms with van der Waals surface area (Å²) in [6.07, 6.45) is 5.32. The normalized spacial score (nSPS) is 13.4. The number of carbonyl (C=O) groups is 1. The molecular formula is C23H29NO2. The summed E-state index contributed by atoms with van der Waals surface area (Å²) in [6.45, 7) is 6.51. The van der Waals surface area contributed by atoms with Crippen molar-refractivity contribution < 1.29 is 9.53 Å². The van der Waals surface area contributed by atoms with Crippen LogP contribution >= 0.6 is 0 Å². The summed E-state index contributed by atoms with van der Waals surface area (Å²) in [4.78, 5) is 12.3. The van der Waals surface area contributed by atoms with Crippen LogP contribution in [0.15, 0.2) is 54.6 Å². The van der Waals surface area contributed by atoms with E-state index in [-0.39, 0.29) is 11.9 Å². The molecule has 0 aliphatic carbocycles. The van der Waals surface area contributed by atoms with Crippen molar-refractivity contribution in [1.82, 2.24) is 5.32 Å². The Labute approximate surface area is 157 Å². The predicted molar refractivity (Wildman–Crippen MR) is 108 cm³/mol. The fourth-order valence-electron chi connectivity index (χ4n) is 2.90. The van der Waals surface area contributed by atoms with E-state index in [1.54, 1.807) is 19.3 Å². The maximum atomic E-state index is 12.3. The Bertz CT molecular complexity index is 734. The van der Waals surface area contributed by atoms with Crippen LogP contribution in [0.5, 0.6) is 5.75 Å². The van der Waals surface area contributed by atoms with Crippen molar-refractivity contribution in [2.75, 3.05) is 7.11 Å². The highest BCUT2D eigenvalue weighted by molar-refractivity contribution is 5.92. The number of carbonyl (C=O) groups excluding carboxylic acids is 1. The Morgan fingerprint density at radius 2 is 1.69 bits per heavy atom. The number of nitrogens with one attached hydrogen (secondary N) is 1. The van der Waals surface area contributed by atoms with Gasteiger partial charge in [-0.15, -0.1) is 0 Å². The lowest BCUT2D eigenvalue weighted by Crippen LogP contribution is -2.26. The van der Waals surface area contributed by atoms with Gasteiger partial charge in [0.25, 0.3) is 0 Å². The molecule has 0 radical (unpaired) electrons. The molecule has 2 rings (SSSR count). The van der Waals surface area contributed by atoms with Crippen molar-refractivity contribution in [1.29, 1.82) is 0 Å². The summed E-state index contributed by atoms with van der Waals surface area (Å²) in [5, 5.41) is 3.09. The smallest absolute Gasteiger partial charge is 0.244 e. The first-order valence-electron chi connectivity index (χ1n) is 9.30. The molecule has 0 bridgehead atoms. The zero-order chi connectivity index (χ0) is 18.9. The lowest BCUT2D eigenvalue weighted by molar-refractivity contribution is -0.117. The molecular weight excluding hydrogens is 322 g/mol. The van der Waals surface area contributed by atoms with E-state index in [9.17, 15) is 4.79 Å². The Kier molecular flexibility index (Phi) is 7.46. The molecule has 0 aliphatic heterocycles. The maximum absolute atomic E-state index is 12.3. The molecule has 0 saturated carbocycles. The third-order valence-electron chi connectivity index (χ3n) is 4.80. The van der Waals surface area contributed by atoms with E-state index in [2.05, 4.69) is 50.4 Å². The second-order valence-corrected chi connectivity index (χ2v) is 6.52. The van der Waals surface area contributed by atoms with Crippen LogP contribution < -0.4 is 10.1 Å². The molecule has 138 valence electrons. The van der Waals surface area contributed by atoms with Crippen LogP contribution in [0.25, 0.3) is 6.08 Å². The highest BCUT2D eigenvalue weighted by Gasteiger charge is 2.12. The van der Waals surface area contributed by atoms with Crippen molar-refractivity contribution in [3.63, 3.8) is 0 Å². The second-order valence-electron chi connectivity index (χ2n) is 6.52. The van der Waals surface area contributed by atoms with Crippen LogP contribution in [-0.2, 0) is 4.79 Å². The van der Waals surface area contributed by atoms with Gasteiger partial charge in [0, 0.05) is 11.6 Å². The van der Waals surface area contributed by atoms with E-state index in [1.165, 1.54) is 5.56 Å². The largest absolute Gasteiger partial charge is 0.496 e. The molecule has 2 aromatic carbocycles. The molecule has 0 saturated heterocycles. The molecule has 0 heterocycles. The molecule has 2 aromatic rings. The van der Waals surface area contributed by atoms with Gasteiger partial charge in [-0.05, 0) is 42.0 Å². The van der Waals surface area contributed by atoms with Crippen molar-refractivity contribution in [2.45, 2.75) is 45.6 Å². The quantitative estimate of drug-likeness (QED) is 0.639.